The molecule has 2 bridgehead atoms. The number of benzene rings is 3. The number of nitrogens with one attached hydrogen (secondary N) is 2. The molecule has 4 heterocycles. The van der Waals surface area contributed by atoms with E-state index < -0.39 is 0 Å². The van der Waals surface area contributed by atoms with Gasteiger partial charge in [0.05, 0.1) is 36.8 Å². The Balaban J connectivity index is 1.06. The van der Waals surface area contributed by atoms with Gasteiger partial charge in [0, 0.05) is 49.8 Å². The van der Waals surface area contributed by atoms with Crippen LogP contribution < -0.4 is 25.3 Å². The van der Waals surface area contributed by atoms with Gasteiger partial charge in [-0.15, -0.1) is 0 Å². The number of methoxy groups -OCH3 is 1. The Morgan fingerprint density at radius 3 is 2.43 bits per heavy atom. The Hall–Kier alpha value is -5.00. The minimum Gasteiger partial charge on any atom is -0.494 e. The SMILES string of the molecule is C=CC(=O)Nc1cc(Nc2cc(N3OCC[C@@H]3c3cccc(-c4cccc(F)c4)c3)ncn2)c(OC)cc1N1CC2CCC(C1)N2C1CC1. The molecular formula is C38H40FN7O3. The van der Waals surface area contributed by atoms with E-state index in [0.29, 0.717) is 47.5 Å². The Morgan fingerprint density at radius 2 is 1.69 bits per heavy atom. The molecule has 1 aliphatic carbocycles. The second kappa shape index (κ2) is 13.1. The van der Waals surface area contributed by atoms with Gasteiger partial charge in [0.25, 0.3) is 0 Å². The van der Waals surface area contributed by atoms with Crippen molar-refractivity contribution in [2.75, 3.05) is 47.4 Å². The molecule has 2 N–H and O–H groups in total. The topological polar surface area (TPSA) is 95.1 Å². The van der Waals surface area contributed by atoms with E-state index in [1.807, 2.05) is 41.5 Å². The molecule has 3 atom stereocenters. The predicted octanol–water partition coefficient (Wildman–Crippen LogP) is 6.86. The normalized spacial score (nSPS) is 21.9. The number of carbonyl (C=O) groups excluding carboxylic acids is 1. The zero-order valence-electron chi connectivity index (χ0n) is 27.5. The van der Waals surface area contributed by atoms with Crippen LogP contribution >= 0.6 is 0 Å². The van der Waals surface area contributed by atoms with E-state index in [0.717, 1.165) is 47.9 Å². The molecule has 3 aliphatic heterocycles. The average molecular weight is 662 g/mol. The minimum atomic E-state index is -0.278. The number of fused-ring (bicyclic) bond motifs is 2. The number of carbonyl (C=O) groups is 1. The molecule has 4 aromatic rings. The summed E-state index contributed by atoms with van der Waals surface area (Å²) in [4.78, 5) is 32.9. The van der Waals surface area contributed by atoms with Crippen molar-refractivity contribution in [3.8, 4) is 16.9 Å². The van der Waals surface area contributed by atoms with Crippen molar-refractivity contribution in [2.45, 2.75) is 56.3 Å². The Kier molecular flexibility index (Phi) is 8.38. The second-order valence-corrected chi connectivity index (χ2v) is 13.2. The fourth-order valence-corrected chi connectivity index (χ4v) is 7.75. The third-order valence-corrected chi connectivity index (χ3v) is 10.1. The molecule has 49 heavy (non-hydrogen) atoms. The molecule has 1 saturated carbocycles. The van der Waals surface area contributed by atoms with Crippen molar-refractivity contribution in [3.05, 3.63) is 97.1 Å². The van der Waals surface area contributed by atoms with E-state index in [2.05, 4.69) is 49.1 Å². The third-order valence-electron chi connectivity index (χ3n) is 10.1. The lowest BCUT2D eigenvalue weighted by Crippen LogP contribution is -2.54. The van der Waals surface area contributed by atoms with Crippen LogP contribution in [0.25, 0.3) is 11.1 Å². The number of rotatable bonds is 10. The van der Waals surface area contributed by atoms with Gasteiger partial charge >= 0.3 is 0 Å². The van der Waals surface area contributed by atoms with Crippen molar-refractivity contribution in [2.24, 2.45) is 0 Å². The highest BCUT2D eigenvalue weighted by Gasteiger charge is 2.46. The molecule has 8 rings (SSSR count). The van der Waals surface area contributed by atoms with Gasteiger partial charge in [-0.3, -0.25) is 14.5 Å². The summed E-state index contributed by atoms with van der Waals surface area (Å²) < 4.78 is 19.9. The van der Waals surface area contributed by atoms with Crippen LogP contribution in [-0.4, -0.2) is 65.7 Å². The first kappa shape index (κ1) is 31.3. The van der Waals surface area contributed by atoms with Gasteiger partial charge in [-0.2, -0.15) is 0 Å². The van der Waals surface area contributed by atoms with Crippen LogP contribution in [0.5, 0.6) is 5.75 Å². The van der Waals surface area contributed by atoms with Crippen LogP contribution in [0.2, 0.25) is 0 Å². The van der Waals surface area contributed by atoms with E-state index in [1.54, 1.807) is 19.2 Å². The van der Waals surface area contributed by atoms with Gasteiger partial charge in [-0.1, -0.05) is 36.9 Å². The molecule has 11 heteroatoms. The van der Waals surface area contributed by atoms with Crippen molar-refractivity contribution in [3.63, 3.8) is 0 Å². The zero-order valence-corrected chi connectivity index (χ0v) is 27.5. The lowest BCUT2D eigenvalue weighted by atomic mass is 9.98. The quantitative estimate of drug-likeness (QED) is 0.177. The summed E-state index contributed by atoms with van der Waals surface area (Å²) in [6, 6.07) is 22.1. The van der Waals surface area contributed by atoms with Crippen LogP contribution in [0, 0.1) is 5.82 Å². The van der Waals surface area contributed by atoms with Crippen LogP contribution in [-0.2, 0) is 9.63 Å². The number of amides is 1. The summed E-state index contributed by atoms with van der Waals surface area (Å²) >= 11 is 0. The molecular weight excluding hydrogens is 621 g/mol. The number of piperazine rings is 1. The highest BCUT2D eigenvalue weighted by Crippen LogP contribution is 2.45. The summed E-state index contributed by atoms with van der Waals surface area (Å²) in [6.45, 7) is 6.03. The maximum Gasteiger partial charge on any atom is 0.247 e. The molecule has 10 nitrogen and oxygen atoms in total. The van der Waals surface area contributed by atoms with E-state index in [4.69, 9.17) is 9.57 Å². The van der Waals surface area contributed by atoms with Crippen molar-refractivity contribution < 1.29 is 18.8 Å². The number of anilines is 5. The molecule has 2 unspecified atom stereocenters. The molecule has 3 saturated heterocycles. The maximum atomic E-state index is 14.0. The Morgan fingerprint density at radius 1 is 0.939 bits per heavy atom. The van der Waals surface area contributed by atoms with Crippen LogP contribution in [0.4, 0.5) is 33.1 Å². The number of hydroxylamine groups is 1. The summed E-state index contributed by atoms with van der Waals surface area (Å²) in [5, 5.41) is 8.25. The molecule has 4 fully saturated rings. The standard InChI is InChI=1S/C38H40FN7O3/c1-3-38(47)43-31-18-32(35(48-2)19-34(31)44-21-29-12-13-30(22-44)45(29)28-10-11-28)42-36-20-37(41-23-40-36)46-33(14-15-49-46)26-8-4-6-24(16-26)25-7-5-9-27(39)17-25/h3-9,16-20,23,28-30,33H,1,10-15,21-22H2,2H3,(H,43,47)(H,40,41,42)/t29?,30?,33-/m1/s1. The van der Waals surface area contributed by atoms with Gasteiger partial charge in [0.2, 0.25) is 5.91 Å². The van der Waals surface area contributed by atoms with Crippen LogP contribution in [0.15, 0.2) is 85.7 Å². The Labute approximate surface area is 285 Å². The molecule has 0 spiro atoms. The Bertz CT molecular complexity index is 1870. The number of halogens is 1. The molecule has 3 aromatic carbocycles. The van der Waals surface area contributed by atoms with Crippen LogP contribution in [0.1, 0.15) is 43.7 Å². The zero-order chi connectivity index (χ0) is 33.5. The minimum absolute atomic E-state index is 0.0959. The average Bonchev–Trinajstić information content (AvgIpc) is 3.78. The van der Waals surface area contributed by atoms with Gasteiger partial charge < -0.3 is 20.3 Å². The van der Waals surface area contributed by atoms with E-state index >= 15 is 0 Å². The molecule has 0 radical (unpaired) electrons. The first-order valence-electron chi connectivity index (χ1n) is 17.0. The fraction of sp³-hybridized carbons (Fsp3) is 0.342. The largest absolute Gasteiger partial charge is 0.494 e. The highest BCUT2D eigenvalue weighted by molar-refractivity contribution is 6.02. The number of aromatic nitrogens is 2. The predicted molar refractivity (Wildman–Crippen MR) is 189 cm³/mol. The third kappa shape index (κ3) is 6.31. The second-order valence-electron chi connectivity index (χ2n) is 13.2. The van der Waals surface area contributed by atoms with Crippen LogP contribution in [0.3, 0.4) is 0 Å². The van der Waals surface area contributed by atoms with Crippen molar-refractivity contribution >= 4 is 34.6 Å². The summed E-state index contributed by atoms with van der Waals surface area (Å²) in [5.41, 5.74) is 5.05. The molecule has 4 aliphatic rings. The lowest BCUT2D eigenvalue weighted by molar-refractivity contribution is -0.111. The van der Waals surface area contributed by atoms with Gasteiger partial charge in [0.15, 0.2) is 5.82 Å². The molecule has 252 valence electrons. The first-order chi connectivity index (χ1) is 24.0. The molecule has 1 aromatic heterocycles. The number of ether oxygens (including phenoxy) is 1. The summed E-state index contributed by atoms with van der Waals surface area (Å²) in [6.07, 6.45) is 8.57. The number of nitrogens with zero attached hydrogens (tertiary/aromatic N) is 5. The number of hydrogen-bond acceptors (Lipinski definition) is 9. The van der Waals surface area contributed by atoms with Gasteiger partial charge in [-0.05, 0) is 72.7 Å². The van der Waals surface area contributed by atoms with Gasteiger partial charge in [-0.25, -0.2) is 19.4 Å². The smallest absolute Gasteiger partial charge is 0.247 e. The fourth-order valence-electron chi connectivity index (χ4n) is 7.75. The number of hydrogen-bond donors (Lipinski definition) is 2. The van der Waals surface area contributed by atoms with Crippen molar-refractivity contribution in [1.29, 1.82) is 0 Å². The monoisotopic (exact) mass is 661 g/mol. The van der Waals surface area contributed by atoms with Gasteiger partial charge in [0.1, 0.15) is 23.7 Å². The molecule has 1 amide bonds. The van der Waals surface area contributed by atoms with E-state index in [1.165, 1.54) is 44.2 Å². The lowest BCUT2D eigenvalue weighted by Gasteiger charge is -2.43. The highest BCUT2D eigenvalue weighted by atomic mass is 19.1. The maximum absolute atomic E-state index is 14.0. The first-order valence-corrected chi connectivity index (χ1v) is 17.0. The summed E-state index contributed by atoms with van der Waals surface area (Å²) in [5.74, 6) is 1.22. The van der Waals surface area contributed by atoms with E-state index in [9.17, 15) is 9.18 Å². The van der Waals surface area contributed by atoms with Crippen molar-refractivity contribution in [1.82, 2.24) is 14.9 Å². The van der Waals surface area contributed by atoms with E-state index in [-0.39, 0.29) is 17.8 Å². The summed E-state index contributed by atoms with van der Waals surface area (Å²) in [7, 11) is 1.65.